The molecule has 0 radical (unpaired) electrons. The maximum Gasteiger partial charge on any atom is 0.145 e. The van der Waals surface area contributed by atoms with E-state index in [2.05, 4.69) is 66.7 Å². The van der Waals surface area contributed by atoms with Crippen molar-refractivity contribution in [3.63, 3.8) is 0 Å². The van der Waals surface area contributed by atoms with Crippen LogP contribution in [0.25, 0.3) is 0 Å². The van der Waals surface area contributed by atoms with E-state index < -0.39 is 4.87 Å². The van der Waals surface area contributed by atoms with Gasteiger partial charge in [0.1, 0.15) is 6.23 Å². The van der Waals surface area contributed by atoms with Crippen LogP contribution < -0.4 is 0 Å². The highest BCUT2D eigenvalue weighted by molar-refractivity contribution is 6.26. The Kier molecular flexibility index (Phi) is 9.26. The van der Waals surface area contributed by atoms with Crippen LogP contribution in [0.3, 0.4) is 0 Å². The number of rotatable bonds is 13. The lowest BCUT2D eigenvalue weighted by Crippen LogP contribution is -2.49. The first kappa shape index (κ1) is 23.2. The maximum atomic E-state index is 7.43. The molecule has 3 unspecified atom stereocenters. The SMILES string of the molecule is CCCCC1(Cl)C=CC=CC1(CCCC)C(OCCCN(C)C)n1ccnc1. The van der Waals surface area contributed by atoms with E-state index in [1.807, 2.05) is 18.7 Å². The van der Waals surface area contributed by atoms with Gasteiger partial charge in [0, 0.05) is 12.4 Å². The summed E-state index contributed by atoms with van der Waals surface area (Å²) in [7, 11) is 4.19. The molecule has 1 heterocycles. The molecule has 0 bridgehead atoms. The van der Waals surface area contributed by atoms with E-state index in [0.29, 0.717) is 6.61 Å². The van der Waals surface area contributed by atoms with Crippen molar-refractivity contribution in [3.8, 4) is 0 Å². The van der Waals surface area contributed by atoms with Gasteiger partial charge in [-0.1, -0.05) is 63.8 Å². The third kappa shape index (κ3) is 5.49. The quantitative estimate of drug-likeness (QED) is 0.305. The van der Waals surface area contributed by atoms with Crippen LogP contribution in [0.15, 0.2) is 43.0 Å². The summed E-state index contributed by atoms with van der Waals surface area (Å²) in [5, 5.41) is 0. The predicted molar refractivity (Wildman–Crippen MR) is 119 cm³/mol. The molecule has 0 aliphatic heterocycles. The number of alkyl halides is 1. The van der Waals surface area contributed by atoms with E-state index in [9.17, 15) is 0 Å². The Labute approximate surface area is 176 Å². The van der Waals surface area contributed by atoms with Gasteiger partial charge in [0.15, 0.2) is 0 Å². The zero-order chi connectivity index (χ0) is 20.5. The summed E-state index contributed by atoms with van der Waals surface area (Å²) in [5.74, 6) is 0. The van der Waals surface area contributed by atoms with Crippen LogP contribution >= 0.6 is 11.6 Å². The number of nitrogens with zero attached hydrogens (tertiary/aromatic N) is 3. The van der Waals surface area contributed by atoms with Gasteiger partial charge < -0.3 is 14.2 Å². The number of ether oxygens (including phenoxy) is 1. The molecule has 2 rings (SSSR count). The Morgan fingerprint density at radius 3 is 2.43 bits per heavy atom. The molecule has 1 aromatic heterocycles. The average molecular weight is 408 g/mol. The highest BCUT2D eigenvalue weighted by atomic mass is 35.5. The van der Waals surface area contributed by atoms with Crippen molar-refractivity contribution in [1.29, 1.82) is 0 Å². The molecule has 5 heteroatoms. The van der Waals surface area contributed by atoms with E-state index in [0.717, 1.165) is 51.5 Å². The van der Waals surface area contributed by atoms with Crippen molar-refractivity contribution >= 4 is 11.6 Å². The number of aromatic nitrogens is 2. The summed E-state index contributed by atoms with van der Waals surface area (Å²) >= 11 is 7.43. The van der Waals surface area contributed by atoms with Crippen molar-refractivity contribution in [2.45, 2.75) is 69.9 Å². The fraction of sp³-hybridized carbons (Fsp3) is 0.696. The summed E-state index contributed by atoms with van der Waals surface area (Å²) in [5.41, 5.74) is -0.298. The fourth-order valence-electron chi connectivity index (χ4n) is 4.14. The maximum absolute atomic E-state index is 7.43. The Bertz CT molecular complexity index is 613. The van der Waals surface area contributed by atoms with E-state index in [1.165, 1.54) is 0 Å². The number of hydrogen-bond donors (Lipinski definition) is 0. The topological polar surface area (TPSA) is 30.3 Å². The number of imidazole rings is 1. The third-order valence-electron chi connectivity index (χ3n) is 5.74. The summed E-state index contributed by atoms with van der Waals surface area (Å²) in [6.45, 7) is 6.17. The van der Waals surface area contributed by atoms with Gasteiger partial charge in [0.2, 0.25) is 0 Å². The van der Waals surface area contributed by atoms with Crippen LogP contribution in [-0.2, 0) is 4.74 Å². The standard InChI is InChI=1S/C23H38ClN3O/c1-5-7-12-22(13-9-10-15-23(22,24)14-8-6-2)21(27-18-16-25-20-27)28-19-11-17-26(3)4/h9-10,13,15-16,18,20-21H,5-8,11-12,14,17,19H2,1-4H3. The second-order valence-electron chi connectivity index (χ2n) is 8.22. The Morgan fingerprint density at radius 2 is 1.79 bits per heavy atom. The molecule has 0 N–H and O–H groups in total. The van der Waals surface area contributed by atoms with Gasteiger partial charge in [-0.05, 0) is 39.9 Å². The predicted octanol–water partition coefficient (Wildman–Crippen LogP) is 5.82. The van der Waals surface area contributed by atoms with E-state index in [4.69, 9.17) is 16.3 Å². The summed E-state index contributed by atoms with van der Waals surface area (Å²) in [6, 6.07) is 0. The van der Waals surface area contributed by atoms with Crippen LogP contribution in [0.2, 0.25) is 0 Å². The Morgan fingerprint density at radius 1 is 1.07 bits per heavy atom. The van der Waals surface area contributed by atoms with Gasteiger partial charge in [-0.25, -0.2) is 4.98 Å². The van der Waals surface area contributed by atoms with Crippen LogP contribution in [0.1, 0.15) is 65.0 Å². The van der Waals surface area contributed by atoms with Gasteiger partial charge in [-0.3, -0.25) is 0 Å². The first-order valence-electron chi connectivity index (χ1n) is 10.8. The molecule has 1 aliphatic rings. The van der Waals surface area contributed by atoms with Crippen molar-refractivity contribution in [2.75, 3.05) is 27.2 Å². The van der Waals surface area contributed by atoms with Gasteiger partial charge in [0.25, 0.3) is 0 Å². The monoisotopic (exact) mass is 407 g/mol. The number of unbranched alkanes of at least 4 members (excludes halogenated alkanes) is 2. The molecule has 0 aromatic carbocycles. The lowest BCUT2D eigenvalue weighted by atomic mass is 9.65. The van der Waals surface area contributed by atoms with Gasteiger partial charge >= 0.3 is 0 Å². The highest BCUT2D eigenvalue weighted by Crippen LogP contribution is 2.55. The molecule has 28 heavy (non-hydrogen) atoms. The van der Waals surface area contributed by atoms with Gasteiger partial charge in [-0.15, -0.1) is 11.6 Å². The number of halogens is 1. The molecule has 0 amide bonds. The molecule has 1 aromatic rings. The molecule has 158 valence electrons. The summed E-state index contributed by atoms with van der Waals surface area (Å²) in [6.07, 6.45) is 21.7. The lowest BCUT2D eigenvalue weighted by Gasteiger charge is -2.50. The van der Waals surface area contributed by atoms with E-state index in [-0.39, 0.29) is 11.6 Å². The smallest absolute Gasteiger partial charge is 0.145 e. The molecule has 1 aliphatic carbocycles. The normalized spacial score (nSPS) is 25.5. The molecule has 4 nitrogen and oxygen atoms in total. The van der Waals surface area contributed by atoms with Gasteiger partial charge in [-0.2, -0.15) is 0 Å². The fourth-order valence-corrected chi connectivity index (χ4v) is 4.59. The third-order valence-corrected chi connectivity index (χ3v) is 6.41. The van der Waals surface area contributed by atoms with Crippen molar-refractivity contribution < 1.29 is 4.74 Å². The minimum absolute atomic E-state index is 0.167. The Hall–Kier alpha value is -1.10. The Balaban J connectivity index is 2.38. The first-order chi connectivity index (χ1) is 13.5. The van der Waals surface area contributed by atoms with E-state index >= 15 is 0 Å². The summed E-state index contributed by atoms with van der Waals surface area (Å²) < 4.78 is 8.69. The van der Waals surface area contributed by atoms with E-state index in [1.54, 1.807) is 0 Å². The minimum atomic E-state index is -0.455. The van der Waals surface area contributed by atoms with Crippen molar-refractivity contribution in [1.82, 2.24) is 14.5 Å². The number of allylic oxidation sites excluding steroid dienone is 3. The van der Waals surface area contributed by atoms with Crippen LogP contribution in [0, 0.1) is 5.41 Å². The lowest BCUT2D eigenvalue weighted by molar-refractivity contribution is -0.0890. The van der Waals surface area contributed by atoms with Gasteiger partial charge in [0.05, 0.1) is 23.2 Å². The molecule has 0 saturated carbocycles. The summed E-state index contributed by atoms with van der Waals surface area (Å²) in [4.78, 5) is 6.04. The minimum Gasteiger partial charge on any atom is -0.357 e. The van der Waals surface area contributed by atoms with Crippen LogP contribution in [0.4, 0.5) is 0 Å². The zero-order valence-electron chi connectivity index (χ0n) is 18.1. The zero-order valence-corrected chi connectivity index (χ0v) is 18.9. The largest absolute Gasteiger partial charge is 0.357 e. The van der Waals surface area contributed by atoms with Crippen molar-refractivity contribution in [3.05, 3.63) is 43.0 Å². The molecule has 0 fully saturated rings. The first-order valence-corrected chi connectivity index (χ1v) is 11.2. The second kappa shape index (κ2) is 11.2. The average Bonchev–Trinajstić information content (AvgIpc) is 3.20. The molecular formula is C23H38ClN3O. The highest BCUT2D eigenvalue weighted by Gasteiger charge is 2.53. The van der Waals surface area contributed by atoms with Crippen molar-refractivity contribution in [2.24, 2.45) is 5.41 Å². The molecule has 0 saturated heterocycles. The van der Waals surface area contributed by atoms with Crippen LogP contribution in [0.5, 0.6) is 0 Å². The molecule has 0 spiro atoms. The second-order valence-corrected chi connectivity index (χ2v) is 8.89. The van der Waals surface area contributed by atoms with Crippen LogP contribution in [-0.4, -0.2) is 46.6 Å². The molecule has 3 atom stereocenters. The number of hydrogen-bond acceptors (Lipinski definition) is 3. The molecular weight excluding hydrogens is 370 g/mol.